The fourth-order valence-electron chi connectivity index (χ4n) is 1.58. The third-order valence-electron chi connectivity index (χ3n) is 2.66. The summed E-state index contributed by atoms with van der Waals surface area (Å²) in [6, 6.07) is 14.1. The maximum Gasteiger partial charge on any atom is 0.265 e. The molecule has 0 spiro atoms. The molecular formula is C15H14ClNO2S. The second-order valence-corrected chi connectivity index (χ2v) is 5.14. The second-order valence-electron chi connectivity index (χ2n) is 4.22. The molecule has 1 atom stereocenters. The van der Waals surface area contributed by atoms with Crippen LogP contribution in [0.2, 0.25) is 5.02 Å². The van der Waals surface area contributed by atoms with E-state index in [9.17, 15) is 4.79 Å². The van der Waals surface area contributed by atoms with Gasteiger partial charge >= 0.3 is 0 Å². The van der Waals surface area contributed by atoms with Crippen molar-refractivity contribution in [3.8, 4) is 5.75 Å². The van der Waals surface area contributed by atoms with Crippen molar-refractivity contribution < 1.29 is 9.53 Å². The molecule has 2 aromatic rings. The summed E-state index contributed by atoms with van der Waals surface area (Å²) in [5.41, 5.74) is 0.660. The topological polar surface area (TPSA) is 38.3 Å². The molecule has 1 unspecified atom stereocenters. The molecule has 0 aromatic heterocycles. The zero-order chi connectivity index (χ0) is 14.5. The smallest absolute Gasteiger partial charge is 0.265 e. The SMILES string of the molecule is CC(Oc1ccc(Cl)cc1)C(=O)Nc1ccccc1S. The molecule has 5 heteroatoms. The number of amides is 1. The van der Waals surface area contributed by atoms with Gasteiger partial charge in [0.1, 0.15) is 5.75 Å². The van der Waals surface area contributed by atoms with Gasteiger partial charge in [0.15, 0.2) is 6.10 Å². The summed E-state index contributed by atoms with van der Waals surface area (Å²) in [5, 5.41) is 3.40. The summed E-state index contributed by atoms with van der Waals surface area (Å²) in [5.74, 6) is 0.359. The highest BCUT2D eigenvalue weighted by molar-refractivity contribution is 7.80. The zero-order valence-electron chi connectivity index (χ0n) is 10.8. The molecule has 0 fully saturated rings. The third kappa shape index (κ3) is 3.92. The molecule has 1 N–H and O–H groups in total. The van der Waals surface area contributed by atoms with E-state index in [1.807, 2.05) is 18.2 Å². The molecular weight excluding hydrogens is 294 g/mol. The van der Waals surface area contributed by atoms with Crippen LogP contribution in [0.15, 0.2) is 53.4 Å². The Bertz CT molecular complexity index is 601. The Morgan fingerprint density at radius 3 is 2.50 bits per heavy atom. The largest absolute Gasteiger partial charge is 0.481 e. The number of anilines is 1. The summed E-state index contributed by atoms with van der Waals surface area (Å²) in [4.78, 5) is 12.7. The zero-order valence-corrected chi connectivity index (χ0v) is 12.5. The molecule has 1 amide bonds. The molecule has 2 aromatic carbocycles. The normalized spacial score (nSPS) is 11.8. The quantitative estimate of drug-likeness (QED) is 0.837. The van der Waals surface area contributed by atoms with Crippen molar-refractivity contribution >= 4 is 35.8 Å². The summed E-state index contributed by atoms with van der Waals surface area (Å²) < 4.78 is 5.55. The van der Waals surface area contributed by atoms with Gasteiger partial charge in [-0.1, -0.05) is 23.7 Å². The molecule has 104 valence electrons. The maximum absolute atomic E-state index is 12.0. The van der Waals surface area contributed by atoms with Crippen LogP contribution in [0, 0.1) is 0 Å². The van der Waals surface area contributed by atoms with Gasteiger partial charge in [-0.05, 0) is 43.3 Å². The molecule has 3 nitrogen and oxygen atoms in total. The van der Waals surface area contributed by atoms with E-state index >= 15 is 0 Å². The lowest BCUT2D eigenvalue weighted by Gasteiger charge is -2.15. The average molecular weight is 308 g/mol. The van der Waals surface area contributed by atoms with Gasteiger partial charge in [-0.3, -0.25) is 4.79 Å². The second kappa shape index (κ2) is 6.68. The monoisotopic (exact) mass is 307 g/mol. The van der Waals surface area contributed by atoms with E-state index in [-0.39, 0.29) is 5.91 Å². The summed E-state index contributed by atoms with van der Waals surface area (Å²) in [7, 11) is 0. The maximum atomic E-state index is 12.0. The van der Waals surface area contributed by atoms with Gasteiger partial charge in [-0.2, -0.15) is 0 Å². The van der Waals surface area contributed by atoms with E-state index in [4.69, 9.17) is 16.3 Å². The van der Waals surface area contributed by atoms with E-state index in [2.05, 4.69) is 17.9 Å². The van der Waals surface area contributed by atoms with Crippen LogP contribution in [0.4, 0.5) is 5.69 Å². The van der Waals surface area contributed by atoms with Gasteiger partial charge in [0.2, 0.25) is 0 Å². The highest BCUT2D eigenvalue weighted by Crippen LogP contribution is 2.20. The van der Waals surface area contributed by atoms with Crippen LogP contribution in [-0.2, 0) is 4.79 Å². The van der Waals surface area contributed by atoms with Gasteiger partial charge in [-0.25, -0.2) is 0 Å². The minimum absolute atomic E-state index is 0.235. The van der Waals surface area contributed by atoms with E-state index in [1.165, 1.54) is 0 Å². The summed E-state index contributed by atoms with van der Waals surface area (Å²) >= 11 is 10.1. The first-order valence-electron chi connectivity index (χ1n) is 6.07. The number of nitrogens with one attached hydrogen (secondary N) is 1. The molecule has 0 heterocycles. The molecule has 0 aliphatic heterocycles. The molecule has 0 aliphatic rings. The van der Waals surface area contributed by atoms with Crippen molar-refractivity contribution in [1.82, 2.24) is 0 Å². The molecule has 0 saturated heterocycles. The van der Waals surface area contributed by atoms with Gasteiger partial charge in [0.25, 0.3) is 5.91 Å². The highest BCUT2D eigenvalue weighted by atomic mass is 35.5. The molecule has 20 heavy (non-hydrogen) atoms. The summed E-state index contributed by atoms with van der Waals surface area (Å²) in [6.45, 7) is 1.69. The summed E-state index contributed by atoms with van der Waals surface area (Å²) in [6.07, 6.45) is -0.621. The minimum atomic E-state index is -0.621. The first kappa shape index (κ1) is 14.8. The van der Waals surface area contributed by atoms with E-state index in [0.29, 0.717) is 21.4 Å². The predicted molar refractivity (Wildman–Crippen MR) is 83.9 cm³/mol. The standard InChI is InChI=1S/C15H14ClNO2S/c1-10(19-12-8-6-11(16)7-9-12)15(18)17-13-4-2-3-5-14(13)20/h2-10,20H,1H3,(H,17,18). The van der Waals surface area contributed by atoms with Crippen molar-refractivity contribution in [2.75, 3.05) is 5.32 Å². The third-order valence-corrected chi connectivity index (χ3v) is 3.30. The fourth-order valence-corrected chi connectivity index (χ4v) is 1.93. The number of halogens is 1. The van der Waals surface area contributed by atoms with E-state index in [0.717, 1.165) is 0 Å². The van der Waals surface area contributed by atoms with Gasteiger partial charge in [0.05, 0.1) is 5.69 Å². The number of thiol groups is 1. The lowest BCUT2D eigenvalue weighted by atomic mass is 10.3. The van der Waals surface area contributed by atoms with Crippen molar-refractivity contribution in [2.24, 2.45) is 0 Å². The minimum Gasteiger partial charge on any atom is -0.481 e. The van der Waals surface area contributed by atoms with Crippen LogP contribution in [0.25, 0.3) is 0 Å². The molecule has 2 rings (SSSR count). The number of carbonyl (C=O) groups excluding carboxylic acids is 1. The number of hydrogen-bond acceptors (Lipinski definition) is 3. The van der Waals surface area contributed by atoms with Crippen LogP contribution in [0.5, 0.6) is 5.75 Å². The van der Waals surface area contributed by atoms with Gasteiger partial charge in [-0.15, -0.1) is 12.6 Å². The molecule has 0 radical (unpaired) electrons. The fraction of sp³-hybridized carbons (Fsp3) is 0.133. The number of hydrogen-bond donors (Lipinski definition) is 2. The Balaban J connectivity index is 1.99. The van der Waals surface area contributed by atoms with Gasteiger partial charge in [0, 0.05) is 9.92 Å². The van der Waals surface area contributed by atoms with E-state index in [1.54, 1.807) is 37.3 Å². The highest BCUT2D eigenvalue weighted by Gasteiger charge is 2.15. The van der Waals surface area contributed by atoms with Crippen LogP contribution in [-0.4, -0.2) is 12.0 Å². The Morgan fingerprint density at radius 2 is 1.85 bits per heavy atom. The number of carbonyl (C=O) groups is 1. The van der Waals surface area contributed by atoms with Crippen molar-refractivity contribution in [2.45, 2.75) is 17.9 Å². The van der Waals surface area contributed by atoms with Crippen LogP contribution >= 0.6 is 24.2 Å². The lowest BCUT2D eigenvalue weighted by molar-refractivity contribution is -0.122. The lowest BCUT2D eigenvalue weighted by Crippen LogP contribution is -2.30. The number of benzene rings is 2. The average Bonchev–Trinajstić information content (AvgIpc) is 2.44. The molecule has 0 aliphatic carbocycles. The van der Waals surface area contributed by atoms with Crippen LogP contribution in [0.3, 0.4) is 0 Å². The first-order valence-corrected chi connectivity index (χ1v) is 6.90. The van der Waals surface area contributed by atoms with Crippen molar-refractivity contribution in [3.63, 3.8) is 0 Å². The number of para-hydroxylation sites is 1. The van der Waals surface area contributed by atoms with Crippen molar-refractivity contribution in [3.05, 3.63) is 53.6 Å². The van der Waals surface area contributed by atoms with Crippen LogP contribution < -0.4 is 10.1 Å². The van der Waals surface area contributed by atoms with Crippen molar-refractivity contribution in [1.29, 1.82) is 0 Å². The Hall–Kier alpha value is -1.65. The number of ether oxygens (including phenoxy) is 1. The predicted octanol–water partition coefficient (Wildman–Crippen LogP) is 4.03. The Morgan fingerprint density at radius 1 is 1.20 bits per heavy atom. The van der Waals surface area contributed by atoms with Crippen LogP contribution in [0.1, 0.15) is 6.92 Å². The first-order chi connectivity index (χ1) is 9.56. The Labute approximate surface area is 128 Å². The number of rotatable bonds is 4. The Kier molecular flexibility index (Phi) is 4.93. The molecule has 0 bridgehead atoms. The van der Waals surface area contributed by atoms with Gasteiger partial charge < -0.3 is 10.1 Å². The van der Waals surface area contributed by atoms with E-state index < -0.39 is 6.10 Å². The molecule has 0 saturated carbocycles.